The Kier molecular flexibility index (Phi) is 6.28. The molecular weight excluding hydrogens is 392 g/mol. The van der Waals surface area contributed by atoms with Crippen molar-refractivity contribution in [2.75, 3.05) is 18.1 Å². The molecule has 2 aromatic rings. The van der Waals surface area contributed by atoms with Crippen molar-refractivity contribution in [1.82, 2.24) is 0 Å². The van der Waals surface area contributed by atoms with Gasteiger partial charge in [0.2, 0.25) is 5.91 Å². The van der Waals surface area contributed by atoms with E-state index in [1.54, 1.807) is 19.1 Å². The smallest absolute Gasteiger partial charge is 0.230 e. The second-order valence-electron chi connectivity index (χ2n) is 8.72. The second-order valence-corrected chi connectivity index (χ2v) is 8.72. The first-order chi connectivity index (χ1) is 15.0. The number of nitroso groups, excluding NO2 is 1. The topological polar surface area (TPSA) is 76.0 Å². The van der Waals surface area contributed by atoms with Gasteiger partial charge in [-0.05, 0) is 61.3 Å². The third-order valence-corrected chi connectivity index (χ3v) is 6.63. The van der Waals surface area contributed by atoms with E-state index in [1.807, 2.05) is 41.3 Å². The molecule has 1 saturated carbocycles. The summed E-state index contributed by atoms with van der Waals surface area (Å²) in [5, 5.41) is 2.99. The van der Waals surface area contributed by atoms with Crippen LogP contribution in [0.25, 0.3) is 0 Å². The number of carbonyl (C=O) groups is 2. The Bertz CT molecular complexity index is 962. The first-order valence-electron chi connectivity index (χ1n) is 10.9. The van der Waals surface area contributed by atoms with Gasteiger partial charge in [0.15, 0.2) is 5.78 Å². The van der Waals surface area contributed by atoms with Crippen LogP contribution in [-0.4, -0.2) is 24.9 Å². The van der Waals surface area contributed by atoms with Gasteiger partial charge in [0.25, 0.3) is 0 Å². The fourth-order valence-corrected chi connectivity index (χ4v) is 4.69. The number of anilines is 1. The summed E-state index contributed by atoms with van der Waals surface area (Å²) in [7, 11) is 0. The number of nitrogens with zero attached hydrogens (tertiary/aromatic N) is 2. The number of hydrogen-bond donors (Lipinski definition) is 0. The maximum absolute atomic E-state index is 13.7. The third kappa shape index (κ3) is 4.74. The molecule has 1 spiro atoms. The maximum atomic E-state index is 13.7. The normalized spacial score (nSPS) is 22.5. The van der Waals surface area contributed by atoms with Gasteiger partial charge in [-0.3, -0.25) is 9.59 Å². The molecule has 2 unspecified atom stereocenters. The summed E-state index contributed by atoms with van der Waals surface area (Å²) in [5.41, 5.74) is 3.22. The Labute approximate surface area is 182 Å². The summed E-state index contributed by atoms with van der Waals surface area (Å²) in [6.45, 7) is 3.53. The average molecular weight is 421 g/mol. The fraction of sp³-hybridized carbons (Fsp3) is 0.440. The molecule has 1 heterocycles. The molecule has 1 saturated heterocycles. The Morgan fingerprint density at radius 2 is 1.90 bits per heavy atom. The number of Topliss-reactive ketones (excluding diaryl/α,β-unsaturated/α-hetero) is 1. The molecule has 6 heteroatoms. The number of rotatable bonds is 7. The van der Waals surface area contributed by atoms with Gasteiger partial charge in [-0.1, -0.05) is 41.6 Å². The largest absolute Gasteiger partial charge is 0.381 e. The second kappa shape index (κ2) is 9.10. The first-order valence-corrected chi connectivity index (χ1v) is 10.9. The van der Waals surface area contributed by atoms with Crippen LogP contribution in [0.5, 0.6) is 0 Å². The van der Waals surface area contributed by atoms with Gasteiger partial charge in [-0.15, -0.1) is 0 Å². The number of hydrogen-bond acceptors (Lipinski definition) is 5. The number of carbonyl (C=O) groups excluding carboxylic acids is 2. The minimum Gasteiger partial charge on any atom is -0.381 e. The van der Waals surface area contributed by atoms with E-state index in [9.17, 15) is 14.5 Å². The van der Waals surface area contributed by atoms with Gasteiger partial charge in [-0.25, -0.2) is 0 Å². The molecular formula is C25H28N2O4. The summed E-state index contributed by atoms with van der Waals surface area (Å²) in [6.07, 6.45) is 3.86. The summed E-state index contributed by atoms with van der Waals surface area (Å²) in [5.74, 6) is 0.136. The predicted molar refractivity (Wildman–Crippen MR) is 119 cm³/mol. The van der Waals surface area contributed by atoms with Gasteiger partial charge in [0, 0.05) is 30.4 Å². The van der Waals surface area contributed by atoms with Crippen molar-refractivity contribution in [2.24, 2.45) is 16.5 Å². The predicted octanol–water partition coefficient (Wildman–Crippen LogP) is 4.90. The zero-order chi connectivity index (χ0) is 21.8. The molecule has 0 bridgehead atoms. The summed E-state index contributed by atoms with van der Waals surface area (Å²) in [4.78, 5) is 37.9. The molecule has 2 aliphatic rings. The monoisotopic (exact) mass is 420 g/mol. The Morgan fingerprint density at radius 3 is 2.65 bits per heavy atom. The maximum Gasteiger partial charge on any atom is 0.230 e. The molecule has 1 aliphatic carbocycles. The van der Waals surface area contributed by atoms with E-state index in [-0.39, 0.29) is 29.6 Å². The Hall–Kier alpha value is -2.86. The van der Waals surface area contributed by atoms with Crippen LogP contribution < -0.4 is 4.90 Å². The highest BCUT2D eigenvalue weighted by Gasteiger charge is 2.58. The van der Waals surface area contributed by atoms with E-state index < -0.39 is 0 Å². The van der Waals surface area contributed by atoms with Crippen LogP contribution in [0.15, 0.2) is 53.7 Å². The van der Waals surface area contributed by atoms with E-state index in [0.29, 0.717) is 12.1 Å². The van der Waals surface area contributed by atoms with Crippen molar-refractivity contribution in [2.45, 2.75) is 45.7 Å². The lowest BCUT2D eigenvalue weighted by Gasteiger charge is -2.25. The standard InChI is InChI=1S/C25H28N2O4/c1-18(28)21-8-6-19(7-9-21)17-27(22-5-2-4-20(14-22)16-26-30)24(29)23-15-25(23)10-3-12-31-13-11-25/h2,4-9,14,23H,3,10-13,15-17H2,1H3. The number of ether oxygens (including phenoxy) is 1. The van der Waals surface area contributed by atoms with Gasteiger partial charge < -0.3 is 9.64 Å². The van der Waals surface area contributed by atoms with E-state index in [0.717, 1.165) is 55.7 Å². The number of benzene rings is 2. The van der Waals surface area contributed by atoms with E-state index >= 15 is 0 Å². The fourth-order valence-electron chi connectivity index (χ4n) is 4.69. The van der Waals surface area contributed by atoms with Crippen LogP contribution in [-0.2, 0) is 22.6 Å². The van der Waals surface area contributed by atoms with Gasteiger partial charge >= 0.3 is 0 Å². The molecule has 1 aliphatic heterocycles. The minimum atomic E-state index is -0.00135. The highest BCUT2D eigenvalue weighted by Crippen LogP contribution is 2.60. The Balaban J connectivity index is 1.61. The molecule has 2 aromatic carbocycles. The molecule has 2 fully saturated rings. The van der Waals surface area contributed by atoms with Gasteiger partial charge in [0.05, 0.1) is 6.54 Å². The van der Waals surface area contributed by atoms with Crippen LogP contribution in [0.1, 0.15) is 54.1 Å². The van der Waals surface area contributed by atoms with Crippen molar-refractivity contribution in [1.29, 1.82) is 0 Å². The van der Waals surface area contributed by atoms with Crippen molar-refractivity contribution < 1.29 is 14.3 Å². The lowest BCUT2D eigenvalue weighted by atomic mass is 9.93. The van der Waals surface area contributed by atoms with E-state index in [1.165, 1.54) is 0 Å². The molecule has 6 nitrogen and oxygen atoms in total. The SMILES string of the molecule is CC(=O)c1ccc(CN(C(=O)C2CC23CCCOCC3)c2cccc(CN=O)c2)cc1. The van der Waals surface area contributed by atoms with Gasteiger partial charge in [0.1, 0.15) is 6.54 Å². The molecule has 31 heavy (non-hydrogen) atoms. The van der Waals surface area contributed by atoms with Crippen LogP contribution >= 0.6 is 0 Å². The lowest BCUT2D eigenvalue weighted by Crippen LogP contribution is -2.33. The molecule has 0 radical (unpaired) electrons. The number of ketones is 1. The van der Waals surface area contributed by atoms with E-state index in [2.05, 4.69) is 5.18 Å². The first kappa shape index (κ1) is 21.4. The van der Waals surface area contributed by atoms with Crippen LogP contribution in [0.2, 0.25) is 0 Å². The van der Waals surface area contributed by atoms with Crippen LogP contribution in [0.3, 0.4) is 0 Å². The molecule has 4 rings (SSSR count). The highest BCUT2D eigenvalue weighted by atomic mass is 16.5. The number of amides is 1. The summed E-state index contributed by atoms with van der Waals surface area (Å²) < 4.78 is 5.62. The lowest BCUT2D eigenvalue weighted by molar-refractivity contribution is -0.120. The minimum absolute atomic E-state index is 0.00135. The molecule has 162 valence electrons. The highest BCUT2D eigenvalue weighted by molar-refractivity contribution is 5.97. The Morgan fingerprint density at radius 1 is 1.10 bits per heavy atom. The quantitative estimate of drug-likeness (QED) is 0.472. The molecule has 2 atom stereocenters. The van der Waals surface area contributed by atoms with Crippen molar-refractivity contribution in [3.05, 3.63) is 70.1 Å². The average Bonchev–Trinajstić information content (AvgIpc) is 3.54. The molecule has 0 aromatic heterocycles. The van der Waals surface area contributed by atoms with Crippen LogP contribution in [0, 0.1) is 16.2 Å². The van der Waals surface area contributed by atoms with Crippen molar-refractivity contribution in [3.8, 4) is 0 Å². The zero-order valence-electron chi connectivity index (χ0n) is 17.9. The zero-order valence-corrected chi connectivity index (χ0v) is 17.9. The molecule has 0 N–H and O–H groups in total. The summed E-state index contributed by atoms with van der Waals surface area (Å²) in [6, 6.07) is 14.9. The van der Waals surface area contributed by atoms with E-state index in [4.69, 9.17) is 4.74 Å². The van der Waals surface area contributed by atoms with Gasteiger partial charge in [-0.2, -0.15) is 4.91 Å². The summed E-state index contributed by atoms with van der Waals surface area (Å²) >= 11 is 0. The third-order valence-electron chi connectivity index (χ3n) is 6.63. The van der Waals surface area contributed by atoms with Crippen LogP contribution in [0.4, 0.5) is 5.69 Å². The molecule has 1 amide bonds. The van der Waals surface area contributed by atoms with Crippen molar-refractivity contribution in [3.63, 3.8) is 0 Å². The van der Waals surface area contributed by atoms with Crippen molar-refractivity contribution >= 4 is 17.4 Å².